The van der Waals surface area contributed by atoms with Gasteiger partial charge in [0.25, 0.3) is 0 Å². The standard InChI is InChI=1S/C15H19NO2/c1-9-7-13-11(8-14(17)18)5-6-12(13)10(2)15(9)16(3)4/h7-8H,5-6H2,1-4H3,(H,17,18). The third kappa shape index (κ3) is 2.01. The number of carboxylic acids is 1. The second-order valence-corrected chi connectivity index (χ2v) is 5.10. The smallest absolute Gasteiger partial charge is 0.328 e. The molecule has 0 saturated heterocycles. The fraction of sp³-hybridized carbons (Fsp3) is 0.400. The van der Waals surface area contributed by atoms with Crippen LogP contribution in [0.1, 0.15) is 28.7 Å². The van der Waals surface area contributed by atoms with Crippen LogP contribution in [-0.4, -0.2) is 25.2 Å². The van der Waals surface area contributed by atoms with Crippen molar-refractivity contribution in [1.82, 2.24) is 0 Å². The number of carbonyl (C=O) groups is 1. The minimum atomic E-state index is -0.857. The number of aliphatic carboxylic acids is 1. The highest BCUT2D eigenvalue weighted by Gasteiger charge is 2.22. The highest BCUT2D eigenvalue weighted by molar-refractivity contribution is 5.92. The summed E-state index contributed by atoms with van der Waals surface area (Å²) in [7, 11) is 4.09. The van der Waals surface area contributed by atoms with E-state index in [2.05, 4.69) is 24.8 Å². The summed E-state index contributed by atoms with van der Waals surface area (Å²) < 4.78 is 0. The largest absolute Gasteiger partial charge is 0.478 e. The summed E-state index contributed by atoms with van der Waals surface area (Å²) >= 11 is 0. The molecule has 0 saturated carbocycles. The first-order valence-electron chi connectivity index (χ1n) is 6.16. The number of carboxylic acid groups (broad SMARTS) is 1. The van der Waals surface area contributed by atoms with Crippen LogP contribution >= 0.6 is 0 Å². The normalized spacial score (nSPS) is 15.9. The van der Waals surface area contributed by atoms with E-state index in [1.54, 1.807) is 0 Å². The van der Waals surface area contributed by atoms with Crippen molar-refractivity contribution in [2.24, 2.45) is 0 Å². The van der Waals surface area contributed by atoms with Gasteiger partial charge in [-0.25, -0.2) is 4.79 Å². The van der Waals surface area contributed by atoms with Crippen LogP contribution in [0.2, 0.25) is 0 Å². The van der Waals surface area contributed by atoms with Crippen molar-refractivity contribution in [2.45, 2.75) is 26.7 Å². The summed E-state index contributed by atoms with van der Waals surface area (Å²) in [6, 6.07) is 2.12. The van der Waals surface area contributed by atoms with Crippen molar-refractivity contribution in [3.63, 3.8) is 0 Å². The average molecular weight is 245 g/mol. The number of rotatable bonds is 2. The Labute approximate surface area is 108 Å². The van der Waals surface area contributed by atoms with Gasteiger partial charge in [-0.3, -0.25) is 0 Å². The Morgan fingerprint density at radius 3 is 2.56 bits per heavy atom. The average Bonchev–Trinajstić information content (AvgIpc) is 2.60. The fourth-order valence-electron chi connectivity index (χ4n) is 3.00. The fourth-order valence-corrected chi connectivity index (χ4v) is 3.00. The van der Waals surface area contributed by atoms with Gasteiger partial charge in [0.05, 0.1) is 0 Å². The van der Waals surface area contributed by atoms with Gasteiger partial charge in [-0.2, -0.15) is 0 Å². The molecule has 2 rings (SSSR count). The molecule has 1 aliphatic rings. The number of nitrogens with zero attached hydrogens (tertiary/aromatic N) is 1. The minimum Gasteiger partial charge on any atom is -0.478 e. The quantitative estimate of drug-likeness (QED) is 0.814. The van der Waals surface area contributed by atoms with Gasteiger partial charge in [-0.15, -0.1) is 0 Å². The van der Waals surface area contributed by atoms with Crippen LogP contribution in [0.15, 0.2) is 12.1 Å². The van der Waals surface area contributed by atoms with Crippen molar-refractivity contribution in [1.29, 1.82) is 0 Å². The van der Waals surface area contributed by atoms with Crippen LogP contribution in [0, 0.1) is 13.8 Å². The Hall–Kier alpha value is -1.77. The number of hydrogen-bond acceptors (Lipinski definition) is 2. The minimum absolute atomic E-state index is 0.832. The molecule has 0 unspecified atom stereocenters. The lowest BCUT2D eigenvalue weighted by molar-refractivity contribution is -0.131. The molecule has 18 heavy (non-hydrogen) atoms. The molecule has 0 aliphatic heterocycles. The molecule has 0 amide bonds. The molecule has 0 heterocycles. The first-order chi connectivity index (χ1) is 8.41. The van der Waals surface area contributed by atoms with Crippen LogP contribution < -0.4 is 4.90 Å². The topological polar surface area (TPSA) is 40.5 Å². The third-order valence-electron chi connectivity index (χ3n) is 3.60. The highest BCUT2D eigenvalue weighted by atomic mass is 16.4. The van der Waals surface area contributed by atoms with Crippen molar-refractivity contribution >= 4 is 17.2 Å². The molecule has 3 heteroatoms. The molecule has 1 aromatic rings. The maximum absolute atomic E-state index is 10.8. The molecule has 0 atom stereocenters. The molecule has 1 N–H and O–H groups in total. The summed E-state index contributed by atoms with van der Waals surface area (Å²) in [4.78, 5) is 13.0. The van der Waals surface area contributed by atoms with Crippen LogP contribution in [0.3, 0.4) is 0 Å². The van der Waals surface area contributed by atoms with Crippen LogP contribution in [0.25, 0.3) is 5.57 Å². The zero-order chi connectivity index (χ0) is 13.4. The molecule has 0 aromatic heterocycles. The molecule has 0 spiro atoms. The van der Waals surface area contributed by atoms with E-state index in [-0.39, 0.29) is 0 Å². The molecular formula is C15H19NO2. The number of fused-ring (bicyclic) bond motifs is 1. The van der Waals surface area contributed by atoms with E-state index in [0.29, 0.717) is 0 Å². The van der Waals surface area contributed by atoms with Gasteiger partial charge in [0.15, 0.2) is 0 Å². The van der Waals surface area contributed by atoms with E-state index in [9.17, 15) is 4.79 Å². The van der Waals surface area contributed by atoms with Gasteiger partial charge >= 0.3 is 5.97 Å². The van der Waals surface area contributed by atoms with Crippen molar-refractivity contribution in [3.8, 4) is 0 Å². The van der Waals surface area contributed by atoms with Gasteiger partial charge in [-0.1, -0.05) is 0 Å². The zero-order valence-corrected chi connectivity index (χ0v) is 11.4. The molecule has 96 valence electrons. The van der Waals surface area contributed by atoms with Gasteiger partial charge in [0.1, 0.15) is 0 Å². The van der Waals surface area contributed by atoms with E-state index in [0.717, 1.165) is 24.0 Å². The van der Waals surface area contributed by atoms with Crippen molar-refractivity contribution < 1.29 is 9.90 Å². The van der Waals surface area contributed by atoms with E-state index < -0.39 is 5.97 Å². The lowest BCUT2D eigenvalue weighted by atomic mass is 9.96. The summed E-state index contributed by atoms with van der Waals surface area (Å²) in [5, 5.41) is 8.90. The van der Waals surface area contributed by atoms with Crippen LogP contribution in [0.5, 0.6) is 0 Å². The van der Waals surface area contributed by atoms with E-state index in [1.165, 1.54) is 28.5 Å². The lowest BCUT2D eigenvalue weighted by Crippen LogP contribution is -2.13. The maximum Gasteiger partial charge on any atom is 0.328 e. The molecule has 0 radical (unpaired) electrons. The van der Waals surface area contributed by atoms with E-state index >= 15 is 0 Å². The predicted octanol–water partition coefficient (Wildman–Crippen LogP) is 2.78. The second-order valence-electron chi connectivity index (χ2n) is 5.10. The molecule has 1 aliphatic carbocycles. The van der Waals surface area contributed by atoms with Gasteiger partial charge < -0.3 is 10.0 Å². The zero-order valence-electron chi connectivity index (χ0n) is 11.4. The van der Waals surface area contributed by atoms with Crippen molar-refractivity contribution in [2.75, 3.05) is 19.0 Å². The Morgan fingerprint density at radius 2 is 2.00 bits per heavy atom. The Kier molecular flexibility index (Phi) is 3.16. The Bertz CT molecular complexity index is 542. The summed E-state index contributed by atoms with van der Waals surface area (Å²) in [5.41, 5.74) is 7.12. The number of allylic oxidation sites excluding steroid dienone is 1. The summed E-state index contributed by atoms with van der Waals surface area (Å²) in [6.45, 7) is 4.21. The van der Waals surface area contributed by atoms with Gasteiger partial charge in [0.2, 0.25) is 0 Å². The third-order valence-corrected chi connectivity index (χ3v) is 3.60. The van der Waals surface area contributed by atoms with Crippen LogP contribution in [-0.2, 0) is 11.2 Å². The molecule has 1 aromatic carbocycles. The van der Waals surface area contributed by atoms with Gasteiger partial charge in [0, 0.05) is 25.9 Å². The van der Waals surface area contributed by atoms with E-state index in [1.807, 2.05) is 14.1 Å². The number of aryl methyl sites for hydroxylation is 1. The molecule has 3 nitrogen and oxygen atoms in total. The Morgan fingerprint density at radius 1 is 1.33 bits per heavy atom. The predicted molar refractivity (Wildman–Crippen MR) is 74.2 cm³/mol. The second kappa shape index (κ2) is 4.48. The number of anilines is 1. The van der Waals surface area contributed by atoms with Gasteiger partial charge in [-0.05, 0) is 60.6 Å². The monoisotopic (exact) mass is 245 g/mol. The lowest BCUT2D eigenvalue weighted by Gasteiger charge is -2.21. The summed E-state index contributed by atoms with van der Waals surface area (Å²) in [6.07, 6.45) is 3.13. The van der Waals surface area contributed by atoms with Crippen LogP contribution in [0.4, 0.5) is 5.69 Å². The number of hydrogen-bond donors (Lipinski definition) is 1. The van der Waals surface area contributed by atoms with Crippen molar-refractivity contribution in [3.05, 3.63) is 34.4 Å². The Balaban J connectivity index is 2.61. The highest BCUT2D eigenvalue weighted by Crippen LogP contribution is 2.39. The first kappa shape index (κ1) is 12.7. The SMILES string of the molecule is Cc1cc2c(c(C)c1N(C)C)CCC2=CC(=O)O. The maximum atomic E-state index is 10.8. The molecular weight excluding hydrogens is 226 g/mol. The molecule has 0 fully saturated rings. The molecule has 0 bridgehead atoms. The first-order valence-corrected chi connectivity index (χ1v) is 6.16. The summed E-state index contributed by atoms with van der Waals surface area (Å²) in [5.74, 6) is -0.857. The van der Waals surface area contributed by atoms with E-state index in [4.69, 9.17) is 5.11 Å². The number of benzene rings is 1.